The molecule has 4 heteroatoms. The van der Waals surface area contributed by atoms with E-state index < -0.39 is 5.97 Å². The maximum absolute atomic E-state index is 10.8. The molecular formula is C14H18BrNO2. The highest BCUT2D eigenvalue weighted by molar-refractivity contribution is 9.10. The summed E-state index contributed by atoms with van der Waals surface area (Å²) in [5, 5.41) is 12.4. The first kappa shape index (κ1) is 13.6. The number of benzene rings is 1. The van der Waals surface area contributed by atoms with Gasteiger partial charge in [0.1, 0.15) is 0 Å². The fraction of sp³-hybridized carbons (Fsp3) is 0.500. The van der Waals surface area contributed by atoms with Crippen LogP contribution < -0.4 is 5.32 Å². The molecule has 0 saturated heterocycles. The molecule has 0 amide bonds. The molecule has 1 fully saturated rings. The Hall–Kier alpha value is -0.870. The van der Waals surface area contributed by atoms with Gasteiger partial charge in [-0.2, -0.15) is 0 Å². The van der Waals surface area contributed by atoms with E-state index in [9.17, 15) is 4.79 Å². The van der Waals surface area contributed by atoms with Crippen molar-refractivity contribution < 1.29 is 9.90 Å². The van der Waals surface area contributed by atoms with Crippen LogP contribution in [0.5, 0.6) is 0 Å². The molecule has 0 spiro atoms. The van der Waals surface area contributed by atoms with Crippen molar-refractivity contribution in [3.05, 3.63) is 33.8 Å². The average Bonchev–Trinajstić information content (AvgIpc) is 3.06. The number of aromatic carboxylic acids is 1. The minimum absolute atomic E-state index is 0.320. The Morgan fingerprint density at radius 2 is 2.33 bits per heavy atom. The lowest BCUT2D eigenvalue weighted by Gasteiger charge is -2.07. The SMILES string of the molecule is CCCC1CC1NCc1ccc(C(=O)O)cc1Br. The number of carboxylic acids is 1. The van der Waals surface area contributed by atoms with E-state index in [0.717, 1.165) is 22.5 Å². The lowest BCUT2D eigenvalue weighted by molar-refractivity contribution is 0.0697. The van der Waals surface area contributed by atoms with Gasteiger partial charge in [0.15, 0.2) is 0 Å². The van der Waals surface area contributed by atoms with Crippen molar-refractivity contribution in [3.63, 3.8) is 0 Å². The lowest BCUT2D eigenvalue weighted by Crippen LogP contribution is -2.18. The van der Waals surface area contributed by atoms with Crippen molar-refractivity contribution in [3.8, 4) is 0 Å². The number of rotatable bonds is 6. The highest BCUT2D eigenvalue weighted by Crippen LogP contribution is 2.35. The number of nitrogens with one attached hydrogen (secondary N) is 1. The second-order valence-corrected chi connectivity index (χ2v) is 5.74. The van der Waals surface area contributed by atoms with Crippen molar-refractivity contribution in [1.29, 1.82) is 0 Å². The fourth-order valence-corrected chi connectivity index (χ4v) is 2.77. The van der Waals surface area contributed by atoms with Gasteiger partial charge >= 0.3 is 5.97 Å². The summed E-state index contributed by atoms with van der Waals surface area (Å²) in [6.07, 6.45) is 3.83. The van der Waals surface area contributed by atoms with Crippen LogP contribution in [-0.4, -0.2) is 17.1 Å². The second-order valence-electron chi connectivity index (χ2n) is 4.88. The van der Waals surface area contributed by atoms with Crippen LogP contribution in [0.25, 0.3) is 0 Å². The zero-order chi connectivity index (χ0) is 13.1. The van der Waals surface area contributed by atoms with Gasteiger partial charge < -0.3 is 10.4 Å². The Balaban J connectivity index is 1.89. The minimum Gasteiger partial charge on any atom is -0.478 e. The third kappa shape index (κ3) is 3.33. The van der Waals surface area contributed by atoms with Crippen molar-refractivity contribution >= 4 is 21.9 Å². The normalized spacial score (nSPS) is 21.9. The Morgan fingerprint density at radius 3 is 2.94 bits per heavy atom. The van der Waals surface area contributed by atoms with E-state index in [2.05, 4.69) is 28.2 Å². The third-order valence-electron chi connectivity index (χ3n) is 3.44. The Morgan fingerprint density at radius 1 is 1.56 bits per heavy atom. The monoisotopic (exact) mass is 311 g/mol. The fourth-order valence-electron chi connectivity index (χ4n) is 2.25. The maximum Gasteiger partial charge on any atom is 0.335 e. The smallest absolute Gasteiger partial charge is 0.335 e. The highest BCUT2D eigenvalue weighted by Gasteiger charge is 2.35. The van der Waals surface area contributed by atoms with Crippen molar-refractivity contribution in [2.24, 2.45) is 5.92 Å². The van der Waals surface area contributed by atoms with Crippen LogP contribution in [0.4, 0.5) is 0 Å². The summed E-state index contributed by atoms with van der Waals surface area (Å²) in [4.78, 5) is 10.8. The minimum atomic E-state index is -0.889. The van der Waals surface area contributed by atoms with Gasteiger partial charge in [-0.25, -0.2) is 4.79 Å². The van der Waals surface area contributed by atoms with Crippen LogP contribution in [0.3, 0.4) is 0 Å². The molecule has 1 aromatic rings. The molecule has 3 nitrogen and oxygen atoms in total. The Labute approximate surface area is 116 Å². The summed E-state index contributed by atoms with van der Waals surface area (Å²) >= 11 is 3.43. The van der Waals surface area contributed by atoms with Crippen molar-refractivity contribution in [2.75, 3.05) is 0 Å². The maximum atomic E-state index is 10.8. The van der Waals surface area contributed by atoms with E-state index in [0.29, 0.717) is 11.6 Å². The number of carboxylic acid groups (broad SMARTS) is 1. The lowest BCUT2D eigenvalue weighted by atomic mass is 10.1. The number of carbonyl (C=O) groups is 1. The van der Waals surface area contributed by atoms with Gasteiger partial charge in [0.2, 0.25) is 0 Å². The number of hydrogen-bond acceptors (Lipinski definition) is 2. The predicted octanol–water partition coefficient (Wildman–Crippen LogP) is 3.43. The first-order valence-electron chi connectivity index (χ1n) is 6.37. The molecule has 0 aromatic heterocycles. The third-order valence-corrected chi connectivity index (χ3v) is 4.17. The van der Waals surface area contributed by atoms with Crippen molar-refractivity contribution in [2.45, 2.75) is 38.8 Å². The van der Waals surface area contributed by atoms with Gasteiger partial charge in [0.05, 0.1) is 5.56 Å². The predicted molar refractivity (Wildman–Crippen MR) is 74.7 cm³/mol. The molecule has 2 N–H and O–H groups in total. The van der Waals surface area contributed by atoms with Crippen LogP contribution >= 0.6 is 15.9 Å². The van der Waals surface area contributed by atoms with Crippen LogP contribution in [0.15, 0.2) is 22.7 Å². The van der Waals surface area contributed by atoms with Gasteiger partial charge in [0, 0.05) is 17.1 Å². The van der Waals surface area contributed by atoms with Gasteiger partial charge in [-0.1, -0.05) is 35.3 Å². The summed E-state index contributed by atoms with van der Waals surface area (Å²) < 4.78 is 0.864. The van der Waals surface area contributed by atoms with E-state index in [4.69, 9.17) is 5.11 Å². The van der Waals surface area contributed by atoms with E-state index in [1.54, 1.807) is 12.1 Å². The summed E-state index contributed by atoms with van der Waals surface area (Å²) in [7, 11) is 0. The number of hydrogen-bond donors (Lipinski definition) is 2. The van der Waals surface area contributed by atoms with E-state index >= 15 is 0 Å². The Kier molecular flexibility index (Phi) is 4.40. The van der Waals surface area contributed by atoms with Gasteiger partial charge in [-0.15, -0.1) is 0 Å². The first-order valence-corrected chi connectivity index (χ1v) is 7.16. The van der Waals surface area contributed by atoms with Crippen LogP contribution in [0.2, 0.25) is 0 Å². The van der Waals surface area contributed by atoms with Crippen LogP contribution in [0.1, 0.15) is 42.1 Å². The second kappa shape index (κ2) is 5.85. The summed E-state index contributed by atoms with van der Waals surface area (Å²) in [5.41, 5.74) is 1.43. The van der Waals surface area contributed by atoms with E-state index in [-0.39, 0.29) is 0 Å². The van der Waals surface area contributed by atoms with E-state index in [1.807, 2.05) is 6.07 Å². The van der Waals surface area contributed by atoms with Gasteiger partial charge in [-0.05, 0) is 36.5 Å². The standard InChI is InChI=1S/C14H18BrNO2/c1-2-3-9-7-13(9)16-8-11-5-4-10(14(17)18)6-12(11)15/h4-6,9,13,16H,2-3,7-8H2,1H3,(H,17,18). The van der Waals surface area contributed by atoms with E-state index in [1.165, 1.54) is 19.3 Å². The summed E-state index contributed by atoms with van der Waals surface area (Å²) in [6, 6.07) is 5.84. The van der Waals surface area contributed by atoms with Gasteiger partial charge in [-0.3, -0.25) is 0 Å². The molecule has 1 aromatic carbocycles. The van der Waals surface area contributed by atoms with Gasteiger partial charge in [0.25, 0.3) is 0 Å². The zero-order valence-electron chi connectivity index (χ0n) is 10.4. The molecule has 2 unspecified atom stereocenters. The summed E-state index contributed by atoms with van der Waals surface area (Å²) in [6.45, 7) is 3.02. The quantitative estimate of drug-likeness (QED) is 0.846. The molecule has 0 bridgehead atoms. The zero-order valence-corrected chi connectivity index (χ0v) is 12.0. The molecule has 1 saturated carbocycles. The molecule has 2 rings (SSSR count). The molecule has 2 atom stereocenters. The largest absolute Gasteiger partial charge is 0.478 e. The molecular weight excluding hydrogens is 294 g/mol. The first-order chi connectivity index (χ1) is 8.61. The van der Waals surface area contributed by atoms with Crippen molar-refractivity contribution in [1.82, 2.24) is 5.32 Å². The number of halogens is 1. The molecule has 1 aliphatic rings. The molecule has 0 radical (unpaired) electrons. The molecule has 18 heavy (non-hydrogen) atoms. The van der Waals surface area contributed by atoms with Crippen LogP contribution in [-0.2, 0) is 6.54 Å². The molecule has 0 heterocycles. The Bertz CT molecular complexity index is 447. The molecule has 0 aliphatic heterocycles. The molecule has 1 aliphatic carbocycles. The van der Waals surface area contributed by atoms with Crippen LogP contribution in [0, 0.1) is 5.92 Å². The summed E-state index contributed by atoms with van der Waals surface area (Å²) in [5.74, 6) is -0.0486. The average molecular weight is 312 g/mol. The topological polar surface area (TPSA) is 49.3 Å². The highest BCUT2D eigenvalue weighted by atomic mass is 79.9. The molecule has 98 valence electrons.